The van der Waals surface area contributed by atoms with Gasteiger partial charge in [-0.3, -0.25) is 4.68 Å². The Morgan fingerprint density at radius 1 is 1.03 bits per heavy atom. The minimum atomic E-state index is 0.694. The molecule has 0 aromatic carbocycles. The van der Waals surface area contributed by atoms with Crippen molar-refractivity contribution in [3.8, 4) is 40.3 Å². The first-order chi connectivity index (χ1) is 14.6. The zero-order chi connectivity index (χ0) is 20.7. The number of methoxy groups -OCH3 is 1. The SMILES string of the molecule is COc1cc(-c2cnn(C)c2)cn2ncc(C#Cc3cnc(-c4ccco4)n3C)c12. The van der Waals surface area contributed by atoms with Gasteiger partial charge in [0.25, 0.3) is 0 Å². The molecule has 5 aromatic heterocycles. The molecule has 0 aliphatic heterocycles. The fourth-order valence-corrected chi connectivity index (χ4v) is 3.35. The Hall–Kier alpha value is -4.25. The van der Waals surface area contributed by atoms with E-state index in [1.165, 1.54) is 0 Å². The Morgan fingerprint density at radius 2 is 1.93 bits per heavy atom. The number of fused-ring (bicyclic) bond motifs is 1. The molecule has 0 saturated heterocycles. The highest BCUT2D eigenvalue weighted by Gasteiger charge is 2.13. The van der Waals surface area contributed by atoms with E-state index in [-0.39, 0.29) is 0 Å². The third kappa shape index (κ3) is 2.93. The number of rotatable bonds is 3. The number of pyridine rings is 1. The van der Waals surface area contributed by atoms with Gasteiger partial charge in [0, 0.05) is 37.6 Å². The number of furan rings is 1. The molecule has 0 unspecified atom stereocenters. The lowest BCUT2D eigenvalue weighted by Crippen LogP contribution is -1.95. The van der Waals surface area contributed by atoms with E-state index in [1.54, 1.807) is 35.0 Å². The molecule has 0 radical (unpaired) electrons. The van der Waals surface area contributed by atoms with Crippen molar-refractivity contribution in [3.05, 3.63) is 66.7 Å². The Balaban J connectivity index is 1.55. The Morgan fingerprint density at radius 3 is 2.67 bits per heavy atom. The van der Waals surface area contributed by atoms with E-state index in [2.05, 4.69) is 27.0 Å². The van der Waals surface area contributed by atoms with E-state index >= 15 is 0 Å². The summed E-state index contributed by atoms with van der Waals surface area (Å²) in [7, 11) is 5.44. The Labute approximate surface area is 172 Å². The van der Waals surface area contributed by atoms with Crippen LogP contribution in [0.3, 0.4) is 0 Å². The van der Waals surface area contributed by atoms with Gasteiger partial charge in [-0.05, 0) is 24.1 Å². The number of aromatic nitrogens is 6. The van der Waals surface area contributed by atoms with Gasteiger partial charge < -0.3 is 13.7 Å². The molecule has 5 aromatic rings. The van der Waals surface area contributed by atoms with Gasteiger partial charge in [0.1, 0.15) is 17.0 Å². The van der Waals surface area contributed by atoms with Crippen LogP contribution in [0, 0.1) is 11.8 Å². The molecule has 0 saturated carbocycles. The summed E-state index contributed by atoms with van der Waals surface area (Å²) in [5, 5.41) is 8.70. The topological polar surface area (TPSA) is 75.3 Å². The zero-order valence-electron chi connectivity index (χ0n) is 16.7. The molecule has 0 aliphatic carbocycles. The molecule has 0 atom stereocenters. The quantitative estimate of drug-likeness (QED) is 0.437. The number of hydrogen-bond donors (Lipinski definition) is 0. The lowest BCUT2D eigenvalue weighted by atomic mass is 10.1. The summed E-state index contributed by atoms with van der Waals surface area (Å²) in [5.41, 5.74) is 4.30. The summed E-state index contributed by atoms with van der Waals surface area (Å²) in [6.07, 6.45) is 10.8. The van der Waals surface area contributed by atoms with E-state index < -0.39 is 0 Å². The first-order valence-electron chi connectivity index (χ1n) is 9.26. The van der Waals surface area contributed by atoms with Crippen molar-refractivity contribution in [3.63, 3.8) is 0 Å². The molecule has 8 nitrogen and oxygen atoms in total. The highest BCUT2D eigenvalue weighted by atomic mass is 16.5. The van der Waals surface area contributed by atoms with Crippen LogP contribution in [0.2, 0.25) is 0 Å². The summed E-state index contributed by atoms with van der Waals surface area (Å²) in [4.78, 5) is 4.41. The van der Waals surface area contributed by atoms with Crippen molar-refractivity contribution >= 4 is 5.52 Å². The van der Waals surface area contributed by atoms with Crippen LogP contribution in [-0.2, 0) is 14.1 Å². The van der Waals surface area contributed by atoms with Crippen molar-refractivity contribution in [2.75, 3.05) is 7.11 Å². The fraction of sp³-hybridized carbons (Fsp3) is 0.136. The van der Waals surface area contributed by atoms with Crippen LogP contribution < -0.4 is 4.74 Å². The standard InChI is InChI=1S/C22H18N6O2/c1-26-13-17(11-24-26)16-9-20(29-3)21-15(10-25-28(21)14-16)6-7-18-12-23-22(27(18)2)19-5-4-8-30-19/h4-5,8-14H,1-3H3. The van der Waals surface area contributed by atoms with Crippen molar-refractivity contribution in [2.45, 2.75) is 0 Å². The monoisotopic (exact) mass is 398 g/mol. The van der Waals surface area contributed by atoms with Gasteiger partial charge in [-0.25, -0.2) is 9.50 Å². The average molecular weight is 398 g/mol. The highest BCUT2D eigenvalue weighted by molar-refractivity contribution is 5.75. The second-order valence-corrected chi connectivity index (χ2v) is 6.80. The molecule has 5 rings (SSSR count). The van der Waals surface area contributed by atoms with Crippen molar-refractivity contribution < 1.29 is 9.15 Å². The van der Waals surface area contributed by atoms with E-state index in [1.807, 2.05) is 55.5 Å². The predicted molar refractivity (Wildman–Crippen MR) is 111 cm³/mol. The lowest BCUT2D eigenvalue weighted by molar-refractivity contribution is 0.417. The number of ether oxygens (including phenoxy) is 1. The fourth-order valence-electron chi connectivity index (χ4n) is 3.35. The maximum atomic E-state index is 5.64. The summed E-state index contributed by atoms with van der Waals surface area (Å²) in [5.74, 6) is 8.50. The molecule has 148 valence electrons. The normalized spacial score (nSPS) is 10.9. The van der Waals surface area contributed by atoms with Gasteiger partial charge in [-0.1, -0.05) is 5.92 Å². The van der Waals surface area contributed by atoms with Gasteiger partial charge in [-0.2, -0.15) is 10.2 Å². The minimum absolute atomic E-state index is 0.694. The van der Waals surface area contributed by atoms with Crippen molar-refractivity contribution in [2.24, 2.45) is 14.1 Å². The summed E-state index contributed by atoms with van der Waals surface area (Å²) in [6.45, 7) is 0. The molecule has 0 amide bonds. The Bertz CT molecular complexity index is 1410. The number of imidazole rings is 1. The van der Waals surface area contributed by atoms with Gasteiger partial charge in [-0.15, -0.1) is 0 Å². The van der Waals surface area contributed by atoms with E-state index in [4.69, 9.17) is 9.15 Å². The van der Waals surface area contributed by atoms with Crippen LogP contribution in [-0.4, -0.2) is 36.1 Å². The third-order valence-corrected chi connectivity index (χ3v) is 4.89. The molecular weight excluding hydrogens is 380 g/mol. The maximum absolute atomic E-state index is 5.64. The lowest BCUT2D eigenvalue weighted by Gasteiger charge is -2.06. The highest BCUT2D eigenvalue weighted by Crippen LogP contribution is 2.29. The number of aryl methyl sites for hydroxylation is 1. The molecule has 30 heavy (non-hydrogen) atoms. The molecule has 0 spiro atoms. The van der Waals surface area contributed by atoms with Crippen LogP contribution in [0.1, 0.15) is 11.3 Å². The zero-order valence-corrected chi connectivity index (χ0v) is 16.7. The molecule has 0 fully saturated rings. The van der Waals surface area contributed by atoms with Gasteiger partial charge in [0.05, 0.1) is 37.5 Å². The molecular formula is C22H18N6O2. The van der Waals surface area contributed by atoms with Crippen LogP contribution in [0.25, 0.3) is 28.2 Å². The second-order valence-electron chi connectivity index (χ2n) is 6.80. The molecule has 5 heterocycles. The minimum Gasteiger partial charge on any atom is -0.494 e. The van der Waals surface area contributed by atoms with Gasteiger partial charge >= 0.3 is 0 Å². The van der Waals surface area contributed by atoms with Crippen LogP contribution in [0.5, 0.6) is 5.75 Å². The van der Waals surface area contributed by atoms with Crippen LogP contribution in [0.15, 0.2) is 59.9 Å². The molecule has 0 aliphatic rings. The number of hydrogen-bond acceptors (Lipinski definition) is 5. The molecule has 8 heteroatoms. The maximum Gasteiger partial charge on any atom is 0.176 e. The van der Waals surface area contributed by atoms with Crippen molar-refractivity contribution in [1.82, 2.24) is 28.9 Å². The summed E-state index contributed by atoms with van der Waals surface area (Å²) < 4.78 is 16.5. The second kappa shape index (κ2) is 6.97. The van der Waals surface area contributed by atoms with Gasteiger partial charge in [0.15, 0.2) is 11.6 Å². The number of nitrogens with zero attached hydrogens (tertiary/aromatic N) is 6. The Kier molecular flexibility index (Phi) is 4.14. The smallest absolute Gasteiger partial charge is 0.176 e. The molecule has 0 bridgehead atoms. The first-order valence-corrected chi connectivity index (χ1v) is 9.26. The summed E-state index contributed by atoms with van der Waals surface area (Å²) in [6, 6.07) is 5.67. The van der Waals surface area contributed by atoms with Crippen molar-refractivity contribution in [1.29, 1.82) is 0 Å². The molecule has 0 N–H and O–H groups in total. The average Bonchev–Trinajstić information content (AvgIpc) is 3.53. The predicted octanol–water partition coefficient (Wildman–Crippen LogP) is 3.14. The summed E-state index contributed by atoms with van der Waals surface area (Å²) >= 11 is 0. The van der Waals surface area contributed by atoms with Gasteiger partial charge in [0.2, 0.25) is 0 Å². The van der Waals surface area contributed by atoms with E-state index in [9.17, 15) is 0 Å². The van der Waals surface area contributed by atoms with E-state index in [0.29, 0.717) is 11.5 Å². The first kappa shape index (κ1) is 17.8. The third-order valence-electron chi connectivity index (χ3n) is 4.89. The van der Waals surface area contributed by atoms with Crippen LogP contribution in [0.4, 0.5) is 0 Å². The largest absolute Gasteiger partial charge is 0.494 e. The van der Waals surface area contributed by atoms with E-state index in [0.717, 1.165) is 33.7 Å². The van der Waals surface area contributed by atoms with Crippen LogP contribution >= 0.6 is 0 Å².